The molecular formula is C12H5Cl5O. The Balaban J connectivity index is 2.37. The summed E-state index contributed by atoms with van der Waals surface area (Å²) in [7, 11) is 0. The van der Waals surface area contributed by atoms with Crippen molar-refractivity contribution in [3.63, 3.8) is 0 Å². The normalized spacial score (nSPS) is 10.5. The lowest BCUT2D eigenvalue weighted by atomic mass is 10.3. The molecule has 94 valence electrons. The van der Waals surface area contributed by atoms with E-state index in [0.29, 0.717) is 31.6 Å². The van der Waals surface area contributed by atoms with E-state index in [1.807, 2.05) is 0 Å². The predicted octanol–water partition coefficient (Wildman–Crippen LogP) is 6.75. The van der Waals surface area contributed by atoms with Crippen LogP contribution in [0.4, 0.5) is 0 Å². The molecule has 0 aromatic heterocycles. The van der Waals surface area contributed by atoms with Crippen LogP contribution in [-0.4, -0.2) is 0 Å². The van der Waals surface area contributed by atoms with Crippen LogP contribution in [0.3, 0.4) is 0 Å². The second-order valence-corrected chi connectivity index (χ2v) is 5.33. The molecule has 0 saturated heterocycles. The van der Waals surface area contributed by atoms with Crippen molar-refractivity contribution in [1.29, 1.82) is 0 Å². The van der Waals surface area contributed by atoms with E-state index in [-0.39, 0.29) is 5.02 Å². The number of ether oxygens (including phenoxy) is 1. The zero-order chi connectivity index (χ0) is 13.3. The summed E-state index contributed by atoms with van der Waals surface area (Å²) in [6.07, 6.45) is 0. The van der Waals surface area contributed by atoms with Gasteiger partial charge in [-0.1, -0.05) is 64.1 Å². The molecule has 1 nitrogen and oxygen atoms in total. The molecule has 0 amide bonds. The molecule has 0 saturated carbocycles. The number of benzene rings is 2. The van der Waals surface area contributed by atoms with Crippen molar-refractivity contribution in [2.75, 3.05) is 0 Å². The second-order valence-electron chi connectivity index (χ2n) is 3.35. The maximum atomic E-state index is 6.00. The van der Waals surface area contributed by atoms with Crippen LogP contribution in [-0.2, 0) is 0 Å². The van der Waals surface area contributed by atoms with Crippen LogP contribution in [0.1, 0.15) is 0 Å². The maximum absolute atomic E-state index is 6.00. The van der Waals surface area contributed by atoms with Crippen molar-refractivity contribution >= 4 is 58.0 Å². The third-order valence-corrected chi connectivity index (χ3v) is 4.10. The Morgan fingerprint density at radius 3 is 1.94 bits per heavy atom. The van der Waals surface area contributed by atoms with Gasteiger partial charge in [0.1, 0.15) is 16.5 Å². The minimum atomic E-state index is 0.280. The molecule has 0 bridgehead atoms. The maximum Gasteiger partial charge on any atom is 0.147 e. The van der Waals surface area contributed by atoms with Crippen molar-refractivity contribution in [2.45, 2.75) is 0 Å². The zero-order valence-corrected chi connectivity index (χ0v) is 12.5. The number of hydrogen-bond acceptors (Lipinski definition) is 1. The molecule has 0 spiro atoms. The fourth-order valence-electron chi connectivity index (χ4n) is 1.28. The first-order valence-electron chi connectivity index (χ1n) is 4.75. The van der Waals surface area contributed by atoms with Crippen LogP contribution in [0, 0.1) is 0 Å². The molecule has 2 aromatic carbocycles. The highest BCUT2D eigenvalue weighted by molar-refractivity contribution is 6.48. The molecule has 0 aliphatic heterocycles. The summed E-state index contributed by atoms with van der Waals surface area (Å²) in [5.74, 6) is 0.845. The molecule has 0 aliphatic carbocycles. The Morgan fingerprint density at radius 1 is 0.722 bits per heavy atom. The van der Waals surface area contributed by atoms with Crippen molar-refractivity contribution < 1.29 is 4.74 Å². The van der Waals surface area contributed by atoms with Gasteiger partial charge in [-0.25, -0.2) is 0 Å². The van der Waals surface area contributed by atoms with Crippen molar-refractivity contribution in [1.82, 2.24) is 0 Å². The van der Waals surface area contributed by atoms with Gasteiger partial charge in [0.2, 0.25) is 0 Å². The van der Waals surface area contributed by atoms with Crippen LogP contribution in [0.25, 0.3) is 0 Å². The molecule has 0 radical (unpaired) electrons. The zero-order valence-electron chi connectivity index (χ0n) is 8.68. The summed E-state index contributed by atoms with van der Waals surface area (Å²) in [6.45, 7) is 0. The first-order chi connectivity index (χ1) is 8.49. The van der Waals surface area contributed by atoms with E-state index in [2.05, 4.69) is 0 Å². The SMILES string of the molecule is Clc1cc(Oc2cccc(Cl)c2Cl)cc(Cl)c1Cl. The van der Waals surface area contributed by atoms with Gasteiger partial charge in [-0.2, -0.15) is 0 Å². The second kappa shape index (κ2) is 5.77. The number of hydrogen-bond donors (Lipinski definition) is 0. The van der Waals surface area contributed by atoms with Crippen molar-refractivity contribution in [2.24, 2.45) is 0 Å². The van der Waals surface area contributed by atoms with Crippen LogP contribution in [0.2, 0.25) is 25.1 Å². The van der Waals surface area contributed by atoms with E-state index in [1.165, 1.54) is 0 Å². The van der Waals surface area contributed by atoms with Gasteiger partial charge >= 0.3 is 0 Å². The van der Waals surface area contributed by atoms with Gasteiger partial charge in [-0.05, 0) is 12.1 Å². The lowest BCUT2D eigenvalue weighted by Crippen LogP contribution is -1.86. The van der Waals surface area contributed by atoms with E-state index in [1.54, 1.807) is 30.3 Å². The Bertz CT molecular complexity index is 574. The minimum absolute atomic E-state index is 0.280. The molecule has 2 aromatic rings. The third-order valence-electron chi connectivity index (χ3n) is 2.10. The molecular weight excluding hydrogens is 337 g/mol. The summed E-state index contributed by atoms with van der Waals surface area (Å²) in [4.78, 5) is 0. The van der Waals surface area contributed by atoms with E-state index in [0.717, 1.165) is 0 Å². The lowest BCUT2D eigenvalue weighted by Gasteiger charge is -2.10. The summed E-state index contributed by atoms with van der Waals surface area (Å²) in [6, 6.07) is 8.17. The Kier molecular flexibility index (Phi) is 4.52. The van der Waals surface area contributed by atoms with Crippen molar-refractivity contribution in [3.8, 4) is 11.5 Å². The average molecular weight is 342 g/mol. The van der Waals surface area contributed by atoms with E-state index >= 15 is 0 Å². The van der Waals surface area contributed by atoms with E-state index in [9.17, 15) is 0 Å². The highest BCUT2D eigenvalue weighted by atomic mass is 35.5. The lowest BCUT2D eigenvalue weighted by molar-refractivity contribution is 0.483. The molecule has 0 N–H and O–H groups in total. The Hall–Kier alpha value is -0.310. The van der Waals surface area contributed by atoms with E-state index < -0.39 is 0 Å². The summed E-state index contributed by atoms with van der Waals surface area (Å²) < 4.78 is 5.56. The number of halogens is 5. The van der Waals surface area contributed by atoms with Crippen LogP contribution in [0.15, 0.2) is 30.3 Å². The molecule has 18 heavy (non-hydrogen) atoms. The van der Waals surface area contributed by atoms with Gasteiger partial charge in [0.05, 0.1) is 20.1 Å². The van der Waals surface area contributed by atoms with Crippen LogP contribution in [0.5, 0.6) is 11.5 Å². The molecule has 0 unspecified atom stereocenters. The van der Waals surface area contributed by atoms with Gasteiger partial charge in [-0.3, -0.25) is 0 Å². The molecule has 6 heteroatoms. The minimum Gasteiger partial charge on any atom is -0.456 e. The summed E-state index contributed by atoms with van der Waals surface area (Å²) in [5, 5.41) is 1.61. The molecule has 0 heterocycles. The Morgan fingerprint density at radius 2 is 1.33 bits per heavy atom. The van der Waals surface area contributed by atoms with Crippen LogP contribution < -0.4 is 4.74 Å². The smallest absolute Gasteiger partial charge is 0.147 e. The fourth-order valence-corrected chi connectivity index (χ4v) is 2.19. The predicted molar refractivity (Wildman–Crippen MR) is 78.0 cm³/mol. The van der Waals surface area contributed by atoms with Crippen LogP contribution >= 0.6 is 58.0 Å². The molecule has 2 rings (SSSR count). The van der Waals surface area contributed by atoms with Gasteiger partial charge in [-0.15, -0.1) is 0 Å². The van der Waals surface area contributed by atoms with Gasteiger partial charge in [0.15, 0.2) is 0 Å². The summed E-state index contributed by atoms with van der Waals surface area (Å²) in [5.41, 5.74) is 0. The van der Waals surface area contributed by atoms with Gasteiger partial charge < -0.3 is 4.74 Å². The molecule has 0 aliphatic rings. The monoisotopic (exact) mass is 340 g/mol. The molecule has 0 atom stereocenters. The van der Waals surface area contributed by atoms with Gasteiger partial charge in [0, 0.05) is 12.1 Å². The largest absolute Gasteiger partial charge is 0.456 e. The topological polar surface area (TPSA) is 9.23 Å². The standard InChI is InChI=1S/C12H5Cl5O/c13-7-2-1-3-10(12(7)17)18-6-4-8(14)11(16)9(15)5-6/h1-5H. The average Bonchev–Trinajstić information content (AvgIpc) is 2.32. The Labute approximate surface area is 129 Å². The first kappa shape index (κ1) is 14.1. The highest BCUT2D eigenvalue weighted by Crippen LogP contribution is 2.38. The first-order valence-corrected chi connectivity index (χ1v) is 6.64. The number of rotatable bonds is 2. The van der Waals surface area contributed by atoms with Crippen molar-refractivity contribution in [3.05, 3.63) is 55.4 Å². The summed E-state index contributed by atoms with van der Waals surface area (Å²) >= 11 is 29.5. The van der Waals surface area contributed by atoms with Gasteiger partial charge in [0.25, 0.3) is 0 Å². The van der Waals surface area contributed by atoms with E-state index in [4.69, 9.17) is 62.7 Å². The fraction of sp³-hybridized carbons (Fsp3) is 0. The highest BCUT2D eigenvalue weighted by Gasteiger charge is 2.10. The quantitative estimate of drug-likeness (QED) is 0.549. The molecule has 0 fully saturated rings. The third kappa shape index (κ3) is 2.98.